The average molecular weight is 324 g/mol. The maximum atomic E-state index is 12.3. The Morgan fingerprint density at radius 3 is 2.57 bits per heavy atom. The summed E-state index contributed by atoms with van der Waals surface area (Å²) in [6.07, 6.45) is -2.27. The first-order valence-electron chi connectivity index (χ1n) is 6.71. The van der Waals surface area contributed by atoms with E-state index in [1.165, 1.54) is 10.9 Å². The Kier molecular flexibility index (Phi) is 5.34. The lowest BCUT2D eigenvalue weighted by Gasteiger charge is -2.13. The normalized spacial score (nSPS) is 12.1. The van der Waals surface area contributed by atoms with Crippen LogP contribution in [-0.2, 0) is 16.1 Å². The highest BCUT2D eigenvalue weighted by Crippen LogP contribution is 2.14. The van der Waals surface area contributed by atoms with Crippen LogP contribution in [0.25, 0.3) is 11.3 Å². The van der Waals surface area contributed by atoms with Gasteiger partial charge in [0.2, 0.25) is 12.3 Å². The molecule has 2 N–H and O–H groups in total. The third kappa shape index (κ3) is 4.83. The van der Waals surface area contributed by atoms with Gasteiger partial charge in [0, 0.05) is 12.0 Å². The van der Waals surface area contributed by atoms with Gasteiger partial charge in [-0.25, -0.2) is 18.3 Å². The summed E-state index contributed by atoms with van der Waals surface area (Å²) < 4.78 is 25.8. The van der Waals surface area contributed by atoms with Crippen LogP contribution in [0.1, 0.15) is 6.42 Å². The largest absolute Gasteiger partial charge is 0.480 e. The number of hydrogen-bond acceptors (Lipinski definition) is 4. The maximum absolute atomic E-state index is 12.3. The van der Waals surface area contributed by atoms with Crippen LogP contribution in [-0.4, -0.2) is 44.4 Å². The smallest absolute Gasteiger partial charge is 0.326 e. The van der Waals surface area contributed by atoms with E-state index in [-0.39, 0.29) is 6.54 Å². The first kappa shape index (κ1) is 16.5. The number of aliphatic carboxylic acids is 1. The summed E-state index contributed by atoms with van der Waals surface area (Å²) in [6, 6.07) is 7.48. The van der Waals surface area contributed by atoms with Crippen molar-refractivity contribution < 1.29 is 23.5 Å². The van der Waals surface area contributed by atoms with Gasteiger partial charge in [-0.15, -0.1) is 5.10 Å². The second-order valence-corrected chi connectivity index (χ2v) is 4.75. The lowest BCUT2D eigenvalue weighted by molar-refractivity contribution is -0.143. The van der Waals surface area contributed by atoms with E-state index in [2.05, 4.69) is 10.3 Å². The second kappa shape index (κ2) is 7.43. The molecule has 1 unspecified atom stereocenters. The molecule has 0 saturated heterocycles. The highest BCUT2D eigenvalue weighted by Gasteiger charge is 2.24. The number of halogens is 2. The molecule has 7 nitrogen and oxygen atoms in total. The molecule has 9 heteroatoms. The zero-order chi connectivity index (χ0) is 16.8. The van der Waals surface area contributed by atoms with Gasteiger partial charge in [0.15, 0.2) is 0 Å². The van der Waals surface area contributed by atoms with Crippen molar-refractivity contribution in [1.29, 1.82) is 0 Å². The Bertz CT molecular complexity index is 676. The number of alkyl halides is 2. The van der Waals surface area contributed by atoms with Gasteiger partial charge in [-0.2, -0.15) is 0 Å². The predicted molar refractivity (Wildman–Crippen MR) is 75.6 cm³/mol. The lowest BCUT2D eigenvalue weighted by Crippen LogP contribution is -2.43. The molecule has 0 aliphatic heterocycles. The molecule has 0 aliphatic rings. The summed E-state index contributed by atoms with van der Waals surface area (Å²) in [5.74, 6) is -2.25. The topological polar surface area (TPSA) is 97.1 Å². The summed E-state index contributed by atoms with van der Waals surface area (Å²) >= 11 is 0. The van der Waals surface area contributed by atoms with Crippen molar-refractivity contribution in [2.75, 3.05) is 0 Å². The number of hydrogen-bond donors (Lipinski definition) is 2. The number of aromatic nitrogens is 3. The third-order valence-corrected chi connectivity index (χ3v) is 2.96. The van der Waals surface area contributed by atoms with Crippen LogP contribution in [0.5, 0.6) is 0 Å². The van der Waals surface area contributed by atoms with Gasteiger partial charge >= 0.3 is 5.97 Å². The van der Waals surface area contributed by atoms with E-state index in [0.717, 1.165) is 5.56 Å². The Hall–Kier alpha value is -2.84. The van der Waals surface area contributed by atoms with Gasteiger partial charge in [-0.3, -0.25) is 4.79 Å². The Labute approximate surface area is 129 Å². The molecule has 1 amide bonds. The van der Waals surface area contributed by atoms with Crippen LogP contribution >= 0.6 is 0 Å². The van der Waals surface area contributed by atoms with Gasteiger partial charge in [0.25, 0.3) is 0 Å². The SMILES string of the molecule is O=C(Cn1cc(-c2ccccc2)nn1)NC(CC(F)F)C(=O)O. The molecule has 2 aromatic rings. The molecule has 0 spiro atoms. The summed E-state index contributed by atoms with van der Waals surface area (Å²) in [4.78, 5) is 22.6. The van der Waals surface area contributed by atoms with Crippen molar-refractivity contribution in [1.82, 2.24) is 20.3 Å². The summed E-state index contributed by atoms with van der Waals surface area (Å²) in [5.41, 5.74) is 1.35. The highest BCUT2D eigenvalue weighted by molar-refractivity contribution is 5.83. The first-order chi connectivity index (χ1) is 11.0. The zero-order valence-electron chi connectivity index (χ0n) is 11.9. The molecule has 1 aromatic heterocycles. The molecule has 1 atom stereocenters. The number of nitrogens with one attached hydrogen (secondary N) is 1. The van der Waals surface area contributed by atoms with E-state index in [0.29, 0.717) is 5.69 Å². The quantitative estimate of drug-likeness (QED) is 0.797. The Morgan fingerprint density at radius 2 is 1.96 bits per heavy atom. The van der Waals surface area contributed by atoms with Gasteiger partial charge in [-0.1, -0.05) is 35.5 Å². The fourth-order valence-electron chi connectivity index (χ4n) is 1.90. The monoisotopic (exact) mass is 324 g/mol. The number of benzene rings is 1. The van der Waals surface area contributed by atoms with E-state index < -0.39 is 30.8 Å². The van der Waals surface area contributed by atoms with Gasteiger partial charge in [0.1, 0.15) is 18.3 Å². The van der Waals surface area contributed by atoms with Crippen molar-refractivity contribution in [3.05, 3.63) is 36.5 Å². The van der Waals surface area contributed by atoms with Crippen LogP contribution in [0.2, 0.25) is 0 Å². The van der Waals surface area contributed by atoms with Crippen LogP contribution < -0.4 is 5.32 Å². The Morgan fingerprint density at radius 1 is 1.26 bits per heavy atom. The minimum Gasteiger partial charge on any atom is -0.480 e. The van der Waals surface area contributed by atoms with Crippen molar-refractivity contribution in [3.8, 4) is 11.3 Å². The first-order valence-corrected chi connectivity index (χ1v) is 6.71. The van der Waals surface area contributed by atoms with Crippen molar-refractivity contribution in [2.45, 2.75) is 25.4 Å². The molecule has 0 fully saturated rings. The number of nitrogens with zero attached hydrogens (tertiary/aromatic N) is 3. The number of rotatable bonds is 7. The van der Waals surface area contributed by atoms with Crippen LogP contribution in [0, 0.1) is 0 Å². The molecular formula is C14H14F2N4O3. The molecule has 0 aliphatic carbocycles. The molecule has 1 aromatic carbocycles. The average Bonchev–Trinajstić information content (AvgIpc) is 2.95. The van der Waals surface area contributed by atoms with E-state index >= 15 is 0 Å². The summed E-state index contributed by atoms with van der Waals surface area (Å²) in [7, 11) is 0. The molecule has 0 radical (unpaired) electrons. The van der Waals surface area contributed by atoms with E-state index in [4.69, 9.17) is 5.11 Å². The van der Waals surface area contributed by atoms with Crippen LogP contribution in [0.4, 0.5) is 8.78 Å². The van der Waals surface area contributed by atoms with E-state index in [1.807, 2.05) is 35.6 Å². The molecule has 1 heterocycles. The fourth-order valence-corrected chi connectivity index (χ4v) is 1.90. The third-order valence-electron chi connectivity index (χ3n) is 2.96. The van der Waals surface area contributed by atoms with Crippen molar-refractivity contribution >= 4 is 11.9 Å². The maximum Gasteiger partial charge on any atom is 0.326 e. The minimum atomic E-state index is -2.83. The van der Waals surface area contributed by atoms with Gasteiger partial charge in [-0.05, 0) is 0 Å². The number of amides is 1. The van der Waals surface area contributed by atoms with Crippen LogP contribution in [0.15, 0.2) is 36.5 Å². The minimum absolute atomic E-state index is 0.313. The van der Waals surface area contributed by atoms with Gasteiger partial charge < -0.3 is 10.4 Å². The number of carboxylic acid groups (broad SMARTS) is 1. The Balaban J connectivity index is 1.98. The molecule has 0 bridgehead atoms. The van der Waals surface area contributed by atoms with Crippen molar-refractivity contribution in [2.24, 2.45) is 0 Å². The molecule has 2 rings (SSSR count). The molecule has 0 saturated carbocycles. The number of carboxylic acids is 1. The molecule has 23 heavy (non-hydrogen) atoms. The van der Waals surface area contributed by atoms with E-state index in [1.54, 1.807) is 0 Å². The number of carbonyl (C=O) groups excluding carboxylic acids is 1. The fraction of sp³-hybridized carbons (Fsp3) is 0.286. The highest BCUT2D eigenvalue weighted by atomic mass is 19.3. The zero-order valence-corrected chi connectivity index (χ0v) is 11.9. The predicted octanol–water partition coefficient (Wildman–Crippen LogP) is 1.17. The molecular weight excluding hydrogens is 310 g/mol. The lowest BCUT2D eigenvalue weighted by atomic mass is 10.2. The standard InChI is InChI=1S/C14H14F2N4O3/c15-12(16)6-10(14(22)23)17-13(21)8-20-7-11(18-19-20)9-4-2-1-3-5-9/h1-5,7,10,12H,6,8H2,(H,17,21)(H,22,23). The van der Waals surface area contributed by atoms with Crippen LogP contribution in [0.3, 0.4) is 0 Å². The van der Waals surface area contributed by atoms with E-state index in [9.17, 15) is 18.4 Å². The number of carbonyl (C=O) groups is 2. The summed E-state index contributed by atoms with van der Waals surface area (Å²) in [6.45, 7) is -0.313. The van der Waals surface area contributed by atoms with Crippen molar-refractivity contribution in [3.63, 3.8) is 0 Å². The summed E-state index contributed by atoms with van der Waals surface area (Å²) in [5, 5.41) is 18.5. The molecule has 122 valence electrons. The second-order valence-electron chi connectivity index (χ2n) is 4.75. The van der Waals surface area contributed by atoms with Gasteiger partial charge in [0.05, 0.1) is 6.20 Å².